The standard InChI is InChI=1S/C20H22N2O3/c1-2-14(16-9-6-10-17(21)11-16)12-19(23)22-18(13-25-20(22)24)15-7-4-3-5-8-15/h3-11,14,18H,2,12-13,21H2,1H3/t14-,18-/m0/s1. The Balaban J connectivity index is 1.79. The van der Waals surface area contributed by atoms with Gasteiger partial charge < -0.3 is 10.5 Å². The maximum atomic E-state index is 12.9. The fourth-order valence-corrected chi connectivity index (χ4v) is 3.24. The number of cyclic esters (lactones) is 1. The van der Waals surface area contributed by atoms with E-state index in [9.17, 15) is 9.59 Å². The molecular weight excluding hydrogens is 316 g/mol. The number of nitrogens with two attached hydrogens (primary N) is 1. The second kappa shape index (κ2) is 7.38. The van der Waals surface area contributed by atoms with Gasteiger partial charge >= 0.3 is 6.09 Å². The molecule has 1 heterocycles. The molecule has 1 aliphatic rings. The number of carbonyl (C=O) groups excluding carboxylic acids is 2. The van der Waals surface area contributed by atoms with Gasteiger partial charge in [-0.3, -0.25) is 4.79 Å². The highest BCUT2D eigenvalue weighted by molar-refractivity contribution is 5.94. The molecule has 2 aromatic carbocycles. The van der Waals surface area contributed by atoms with Crippen molar-refractivity contribution in [2.45, 2.75) is 31.7 Å². The zero-order valence-corrected chi connectivity index (χ0v) is 14.2. The van der Waals surface area contributed by atoms with E-state index in [-0.39, 0.29) is 30.9 Å². The lowest BCUT2D eigenvalue weighted by Crippen LogP contribution is -2.35. The van der Waals surface area contributed by atoms with Gasteiger partial charge in [-0.1, -0.05) is 49.4 Å². The van der Waals surface area contributed by atoms with E-state index < -0.39 is 6.09 Å². The predicted octanol–water partition coefficient (Wildman–Crippen LogP) is 3.87. The SMILES string of the molecule is CC[C@@H](CC(=O)N1C(=O)OC[C@H]1c1ccccc1)c1cccc(N)c1. The smallest absolute Gasteiger partial charge is 0.417 e. The summed E-state index contributed by atoms with van der Waals surface area (Å²) in [6, 6.07) is 16.7. The van der Waals surface area contributed by atoms with Gasteiger partial charge in [0.25, 0.3) is 0 Å². The third-order valence-electron chi connectivity index (χ3n) is 4.62. The van der Waals surface area contributed by atoms with E-state index in [2.05, 4.69) is 0 Å². The average molecular weight is 338 g/mol. The minimum absolute atomic E-state index is 0.0147. The number of ether oxygens (including phenoxy) is 1. The Morgan fingerprint density at radius 2 is 2.00 bits per heavy atom. The third-order valence-corrected chi connectivity index (χ3v) is 4.62. The number of hydrogen-bond acceptors (Lipinski definition) is 4. The van der Waals surface area contributed by atoms with Gasteiger partial charge in [0.1, 0.15) is 12.6 Å². The van der Waals surface area contributed by atoms with Crippen LogP contribution in [0.25, 0.3) is 0 Å². The van der Waals surface area contributed by atoms with Crippen molar-refractivity contribution >= 4 is 17.7 Å². The second-order valence-corrected chi connectivity index (χ2v) is 6.25. The van der Waals surface area contributed by atoms with Crippen LogP contribution in [0.3, 0.4) is 0 Å². The van der Waals surface area contributed by atoms with E-state index in [0.717, 1.165) is 17.5 Å². The number of amides is 2. The highest BCUT2D eigenvalue weighted by Gasteiger charge is 2.39. The van der Waals surface area contributed by atoms with Crippen molar-refractivity contribution in [2.75, 3.05) is 12.3 Å². The fraction of sp³-hybridized carbons (Fsp3) is 0.300. The Morgan fingerprint density at radius 3 is 2.68 bits per heavy atom. The number of imide groups is 1. The van der Waals surface area contributed by atoms with Crippen molar-refractivity contribution in [3.05, 3.63) is 65.7 Å². The van der Waals surface area contributed by atoms with E-state index in [0.29, 0.717) is 5.69 Å². The van der Waals surface area contributed by atoms with E-state index >= 15 is 0 Å². The monoisotopic (exact) mass is 338 g/mol. The van der Waals surface area contributed by atoms with Gasteiger partial charge in [-0.25, -0.2) is 9.69 Å². The minimum atomic E-state index is -0.568. The molecule has 2 amide bonds. The molecule has 1 fully saturated rings. The molecule has 130 valence electrons. The topological polar surface area (TPSA) is 72.6 Å². The Labute approximate surface area is 147 Å². The molecule has 2 aromatic rings. The zero-order chi connectivity index (χ0) is 17.8. The number of benzene rings is 2. The highest BCUT2D eigenvalue weighted by Crippen LogP contribution is 2.31. The Hall–Kier alpha value is -2.82. The molecule has 0 saturated carbocycles. The molecule has 3 rings (SSSR count). The summed E-state index contributed by atoms with van der Waals surface area (Å²) in [5.41, 5.74) is 8.44. The summed E-state index contributed by atoms with van der Waals surface area (Å²) in [6.07, 6.45) is 0.466. The number of hydrogen-bond donors (Lipinski definition) is 1. The Bertz CT molecular complexity index is 761. The zero-order valence-electron chi connectivity index (χ0n) is 14.2. The van der Waals surface area contributed by atoms with Gasteiger partial charge in [0.05, 0.1) is 0 Å². The summed E-state index contributed by atoms with van der Waals surface area (Å²) in [5.74, 6) is -0.202. The normalized spacial score (nSPS) is 18.0. The molecular formula is C20H22N2O3. The average Bonchev–Trinajstić information content (AvgIpc) is 3.02. The molecule has 25 heavy (non-hydrogen) atoms. The van der Waals surface area contributed by atoms with Crippen molar-refractivity contribution in [2.24, 2.45) is 0 Å². The summed E-state index contributed by atoms with van der Waals surface area (Å²) in [5, 5.41) is 0. The number of carbonyl (C=O) groups is 2. The molecule has 1 aliphatic heterocycles. The van der Waals surface area contributed by atoms with Gasteiger partial charge in [-0.15, -0.1) is 0 Å². The van der Waals surface area contributed by atoms with Crippen LogP contribution in [-0.2, 0) is 9.53 Å². The number of nitrogens with zero attached hydrogens (tertiary/aromatic N) is 1. The molecule has 2 atom stereocenters. The first-order valence-corrected chi connectivity index (χ1v) is 8.49. The summed E-state index contributed by atoms with van der Waals surface area (Å²) in [4.78, 5) is 26.2. The first kappa shape index (κ1) is 17.0. The first-order valence-electron chi connectivity index (χ1n) is 8.49. The van der Waals surface area contributed by atoms with Crippen LogP contribution in [0.2, 0.25) is 0 Å². The third kappa shape index (κ3) is 3.65. The summed E-state index contributed by atoms with van der Waals surface area (Å²) in [6.45, 7) is 2.22. The number of nitrogen functional groups attached to an aromatic ring is 1. The molecule has 0 radical (unpaired) electrons. The van der Waals surface area contributed by atoms with Crippen LogP contribution < -0.4 is 5.73 Å². The van der Waals surface area contributed by atoms with Gasteiger partial charge in [0.2, 0.25) is 5.91 Å². The lowest BCUT2D eigenvalue weighted by atomic mass is 9.92. The number of anilines is 1. The van der Waals surface area contributed by atoms with E-state index in [4.69, 9.17) is 10.5 Å². The van der Waals surface area contributed by atoms with E-state index in [1.807, 2.05) is 61.5 Å². The van der Waals surface area contributed by atoms with Crippen molar-refractivity contribution in [1.29, 1.82) is 0 Å². The van der Waals surface area contributed by atoms with Crippen LogP contribution in [0.4, 0.5) is 10.5 Å². The van der Waals surface area contributed by atoms with Crippen LogP contribution in [0.15, 0.2) is 54.6 Å². The molecule has 1 saturated heterocycles. The molecule has 5 nitrogen and oxygen atoms in total. The van der Waals surface area contributed by atoms with Gasteiger partial charge in [0, 0.05) is 12.1 Å². The second-order valence-electron chi connectivity index (χ2n) is 6.25. The lowest BCUT2D eigenvalue weighted by molar-refractivity contribution is -0.129. The first-order chi connectivity index (χ1) is 12.1. The van der Waals surface area contributed by atoms with Gasteiger partial charge in [-0.2, -0.15) is 0 Å². The molecule has 0 aliphatic carbocycles. The quantitative estimate of drug-likeness (QED) is 0.840. The molecule has 0 spiro atoms. The van der Waals surface area contributed by atoms with Crippen LogP contribution in [-0.4, -0.2) is 23.5 Å². The Kier molecular flexibility index (Phi) is 5.03. The van der Waals surface area contributed by atoms with Crippen molar-refractivity contribution < 1.29 is 14.3 Å². The van der Waals surface area contributed by atoms with Crippen LogP contribution in [0, 0.1) is 0 Å². The van der Waals surface area contributed by atoms with Crippen LogP contribution in [0.1, 0.15) is 42.9 Å². The lowest BCUT2D eigenvalue weighted by Gasteiger charge is -2.23. The predicted molar refractivity (Wildman–Crippen MR) is 95.9 cm³/mol. The summed E-state index contributed by atoms with van der Waals surface area (Å²) in [7, 11) is 0. The van der Waals surface area contributed by atoms with Crippen molar-refractivity contribution in [3.8, 4) is 0 Å². The van der Waals surface area contributed by atoms with E-state index in [1.165, 1.54) is 4.90 Å². The fourth-order valence-electron chi connectivity index (χ4n) is 3.24. The molecule has 5 heteroatoms. The minimum Gasteiger partial charge on any atom is -0.446 e. The van der Waals surface area contributed by atoms with Crippen LogP contribution >= 0.6 is 0 Å². The molecule has 2 N–H and O–H groups in total. The van der Waals surface area contributed by atoms with E-state index in [1.54, 1.807) is 0 Å². The van der Waals surface area contributed by atoms with Gasteiger partial charge in [-0.05, 0) is 35.6 Å². The molecule has 0 unspecified atom stereocenters. The van der Waals surface area contributed by atoms with Crippen molar-refractivity contribution in [1.82, 2.24) is 4.90 Å². The van der Waals surface area contributed by atoms with Gasteiger partial charge in [0.15, 0.2) is 0 Å². The summed E-state index contributed by atoms with van der Waals surface area (Å²) < 4.78 is 5.14. The maximum absolute atomic E-state index is 12.9. The largest absolute Gasteiger partial charge is 0.446 e. The Morgan fingerprint density at radius 1 is 1.24 bits per heavy atom. The van der Waals surface area contributed by atoms with Crippen molar-refractivity contribution in [3.63, 3.8) is 0 Å². The highest BCUT2D eigenvalue weighted by atomic mass is 16.6. The maximum Gasteiger partial charge on any atom is 0.417 e. The number of rotatable bonds is 5. The molecule has 0 aromatic heterocycles. The summed E-state index contributed by atoms with van der Waals surface area (Å²) >= 11 is 0. The van der Waals surface area contributed by atoms with Crippen LogP contribution in [0.5, 0.6) is 0 Å². The molecule has 0 bridgehead atoms.